The molecule has 0 unspecified atom stereocenters. The van der Waals surface area contributed by atoms with Crippen LogP contribution < -0.4 is 11.2 Å². The molecule has 0 saturated heterocycles. The Kier molecular flexibility index (Phi) is 6.85. The number of hydrogen-bond acceptors (Lipinski definition) is 6. The van der Waals surface area contributed by atoms with Crippen LogP contribution in [-0.2, 0) is 20.2 Å². The molecule has 0 fully saturated rings. The molecule has 0 aliphatic carbocycles. The summed E-state index contributed by atoms with van der Waals surface area (Å²) in [5, 5.41) is 0. The van der Waals surface area contributed by atoms with Gasteiger partial charge in [0.25, 0.3) is 11.5 Å². The van der Waals surface area contributed by atoms with Crippen LogP contribution in [0, 0.1) is 6.92 Å². The molecule has 27 heavy (non-hydrogen) atoms. The third-order valence-electron chi connectivity index (χ3n) is 3.90. The van der Waals surface area contributed by atoms with Gasteiger partial charge in [0.2, 0.25) is 0 Å². The first-order chi connectivity index (χ1) is 12.8. The zero-order valence-corrected chi connectivity index (χ0v) is 16.2. The maximum atomic E-state index is 12.6. The minimum atomic E-state index is -3.18. The first kappa shape index (κ1) is 20.8. The van der Waals surface area contributed by atoms with Crippen LogP contribution in [-0.4, -0.2) is 35.4 Å². The second-order valence-corrected chi connectivity index (χ2v) is 8.01. The van der Waals surface area contributed by atoms with Gasteiger partial charge in [-0.05, 0) is 19.1 Å². The van der Waals surface area contributed by atoms with E-state index in [0.29, 0.717) is 4.57 Å². The summed E-state index contributed by atoms with van der Waals surface area (Å²) in [5.41, 5.74) is -0.902. The lowest BCUT2D eigenvalue weighted by molar-refractivity contribution is 0.0948. The van der Waals surface area contributed by atoms with Crippen molar-refractivity contribution in [2.45, 2.75) is 13.5 Å². The number of nitrogens with zero attached hydrogens (tertiary/aromatic N) is 2. The molecule has 9 heteroatoms. The van der Waals surface area contributed by atoms with Crippen molar-refractivity contribution < 1.29 is 18.4 Å². The van der Waals surface area contributed by atoms with Crippen LogP contribution in [0.5, 0.6) is 0 Å². The predicted octanol–water partition coefficient (Wildman–Crippen LogP) is 2.05. The highest BCUT2D eigenvalue weighted by Gasteiger charge is 2.19. The van der Waals surface area contributed by atoms with Crippen molar-refractivity contribution in [2.75, 3.05) is 20.4 Å². The number of rotatable bonds is 7. The molecule has 0 aliphatic heterocycles. The van der Waals surface area contributed by atoms with E-state index < -0.39 is 24.8 Å². The van der Waals surface area contributed by atoms with Gasteiger partial charge < -0.3 is 9.05 Å². The first-order valence-corrected chi connectivity index (χ1v) is 9.84. The van der Waals surface area contributed by atoms with E-state index in [2.05, 4.69) is 0 Å². The maximum Gasteiger partial charge on any atom is 0.338 e. The number of allylic oxidation sites excluding steroid dienone is 2. The predicted molar refractivity (Wildman–Crippen MR) is 102 cm³/mol. The Bertz CT molecular complexity index is 999. The first-order valence-electron chi connectivity index (χ1n) is 8.11. The number of carbonyl (C=O) groups is 1. The Hall–Kier alpha value is -2.54. The van der Waals surface area contributed by atoms with Gasteiger partial charge >= 0.3 is 13.3 Å². The highest BCUT2D eigenvalue weighted by atomic mass is 31.2. The SMILES string of the molecule is COP(=O)(C/C=C/Cn1cc(C)c(=O)n(C(=O)c2ccccc2)c1=O)OC. The maximum absolute atomic E-state index is 12.6. The molecule has 1 aromatic carbocycles. The van der Waals surface area contributed by atoms with E-state index in [1.165, 1.54) is 44.0 Å². The van der Waals surface area contributed by atoms with Crippen LogP contribution in [0.2, 0.25) is 0 Å². The van der Waals surface area contributed by atoms with E-state index in [-0.39, 0.29) is 23.8 Å². The number of hydrogen-bond donors (Lipinski definition) is 0. The molecule has 0 bridgehead atoms. The van der Waals surface area contributed by atoms with E-state index in [9.17, 15) is 18.9 Å². The molecule has 1 heterocycles. The van der Waals surface area contributed by atoms with Crippen LogP contribution in [0.4, 0.5) is 0 Å². The quantitative estimate of drug-likeness (QED) is 0.529. The average molecular weight is 392 g/mol. The number of aryl methyl sites for hydroxylation is 1. The van der Waals surface area contributed by atoms with Crippen molar-refractivity contribution in [2.24, 2.45) is 0 Å². The fourth-order valence-electron chi connectivity index (χ4n) is 2.37. The summed E-state index contributed by atoms with van der Waals surface area (Å²) in [6, 6.07) is 8.11. The van der Waals surface area contributed by atoms with Crippen LogP contribution >= 0.6 is 7.60 Å². The molecular formula is C18H21N2O6P. The van der Waals surface area contributed by atoms with Crippen LogP contribution in [0.1, 0.15) is 15.9 Å². The van der Waals surface area contributed by atoms with E-state index in [1.807, 2.05) is 0 Å². The molecular weight excluding hydrogens is 371 g/mol. The van der Waals surface area contributed by atoms with E-state index >= 15 is 0 Å². The number of carbonyl (C=O) groups excluding carboxylic acids is 1. The van der Waals surface area contributed by atoms with Crippen LogP contribution in [0.15, 0.2) is 58.3 Å². The van der Waals surface area contributed by atoms with Gasteiger partial charge in [0.05, 0.1) is 6.16 Å². The van der Waals surface area contributed by atoms with E-state index in [4.69, 9.17) is 9.05 Å². The van der Waals surface area contributed by atoms with Gasteiger partial charge in [0.15, 0.2) is 0 Å². The van der Waals surface area contributed by atoms with Crippen molar-refractivity contribution in [1.82, 2.24) is 9.13 Å². The van der Waals surface area contributed by atoms with Crippen LogP contribution in [0.25, 0.3) is 0 Å². The summed E-state index contributed by atoms with van der Waals surface area (Å²) in [6.45, 7) is 1.62. The molecule has 1 aromatic heterocycles. The zero-order valence-electron chi connectivity index (χ0n) is 15.3. The minimum Gasteiger partial charge on any atom is -0.312 e. The highest BCUT2D eigenvalue weighted by Crippen LogP contribution is 2.46. The molecule has 2 rings (SSSR count). The Morgan fingerprint density at radius 1 is 1.11 bits per heavy atom. The fraction of sp³-hybridized carbons (Fsp3) is 0.278. The van der Waals surface area contributed by atoms with Crippen molar-refractivity contribution in [1.29, 1.82) is 0 Å². The molecule has 144 valence electrons. The lowest BCUT2D eigenvalue weighted by Gasteiger charge is -2.11. The summed E-state index contributed by atoms with van der Waals surface area (Å²) >= 11 is 0. The van der Waals surface area contributed by atoms with Gasteiger partial charge in [0.1, 0.15) is 0 Å². The Morgan fingerprint density at radius 2 is 1.74 bits per heavy atom. The molecule has 0 amide bonds. The molecule has 0 aliphatic rings. The minimum absolute atomic E-state index is 0.0380. The second-order valence-electron chi connectivity index (χ2n) is 5.69. The zero-order chi connectivity index (χ0) is 20.0. The normalized spacial score (nSPS) is 11.8. The van der Waals surface area contributed by atoms with Gasteiger partial charge in [-0.2, -0.15) is 4.57 Å². The van der Waals surface area contributed by atoms with Crippen molar-refractivity contribution in [3.8, 4) is 0 Å². The van der Waals surface area contributed by atoms with Gasteiger partial charge in [0, 0.05) is 38.1 Å². The van der Waals surface area contributed by atoms with Crippen LogP contribution in [0.3, 0.4) is 0 Å². The molecule has 0 atom stereocenters. The van der Waals surface area contributed by atoms with Gasteiger partial charge in [-0.3, -0.25) is 18.7 Å². The molecule has 0 radical (unpaired) electrons. The number of benzene rings is 1. The molecule has 0 N–H and O–H groups in total. The molecule has 0 spiro atoms. The van der Waals surface area contributed by atoms with Gasteiger partial charge in [-0.25, -0.2) is 4.79 Å². The van der Waals surface area contributed by atoms with E-state index in [1.54, 1.807) is 30.4 Å². The lowest BCUT2D eigenvalue weighted by Crippen LogP contribution is -2.44. The third kappa shape index (κ3) is 4.80. The second kappa shape index (κ2) is 8.90. The molecule has 2 aromatic rings. The van der Waals surface area contributed by atoms with Gasteiger partial charge in [-0.15, -0.1) is 0 Å². The van der Waals surface area contributed by atoms with Crippen molar-refractivity contribution in [3.63, 3.8) is 0 Å². The largest absolute Gasteiger partial charge is 0.338 e. The third-order valence-corrected chi connectivity index (χ3v) is 5.68. The Balaban J connectivity index is 2.34. The fourth-order valence-corrected chi connectivity index (χ4v) is 3.23. The van der Waals surface area contributed by atoms with Crippen molar-refractivity contribution in [3.05, 3.63) is 80.6 Å². The standard InChI is InChI=1S/C18H21N2O6P/c1-14-13-19(11-7-8-12-27(24,25-2)26-3)18(23)20(16(14)21)17(22)15-9-5-4-6-10-15/h4-10,13H,11-12H2,1-3H3/b8-7+. The summed E-state index contributed by atoms with van der Waals surface area (Å²) in [6.07, 6.45) is 4.57. The smallest absolute Gasteiger partial charge is 0.312 e. The summed E-state index contributed by atoms with van der Waals surface area (Å²) in [4.78, 5) is 37.6. The monoisotopic (exact) mass is 392 g/mol. The number of aromatic nitrogens is 2. The van der Waals surface area contributed by atoms with Gasteiger partial charge in [-0.1, -0.05) is 30.4 Å². The summed E-state index contributed by atoms with van der Waals surface area (Å²) < 4.78 is 23.5. The lowest BCUT2D eigenvalue weighted by atomic mass is 10.2. The average Bonchev–Trinajstić information content (AvgIpc) is 2.69. The molecule has 8 nitrogen and oxygen atoms in total. The molecule has 0 saturated carbocycles. The Morgan fingerprint density at radius 3 is 2.33 bits per heavy atom. The summed E-state index contributed by atoms with van der Waals surface area (Å²) in [5.74, 6) is -0.685. The van der Waals surface area contributed by atoms with Crippen molar-refractivity contribution >= 4 is 13.5 Å². The van der Waals surface area contributed by atoms with E-state index in [0.717, 1.165) is 0 Å². The highest BCUT2D eigenvalue weighted by molar-refractivity contribution is 7.54. The topological polar surface area (TPSA) is 96.6 Å². The Labute approximate surface area is 156 Å². The summed E-state index contributed by atoms with van der Waals surface area (Å²) in [7, 11) is -0.603.